The predicted molar refractivity (Wildman–Crippen MR) is 81.9 cm³/mol. The highest BCUT2D eigenvalue weighted by atomic mass is 32.2. The molecular formula is C15H18N2O4S. The first-order valence-corrected chi connectivity index (χ1v) is 8.24. The molecule has 0 saturated heterocycles. The summed E-state index contributed by atoms with van der Waals surface area (Å²) >= 11 is 0. The average Bonchev–Trinajstić information content (AvgIpc) is 2.77. The van der Waals surface area contributed by atoms with Gasteiger partial charge in [0.2, 0.25) is 10.0 Å². The second-order valence-corrected chi connectivity index (χ2v) is 6.69. The maximum absolute atomic E-state index is 12.2. The maximum atomic E-state index is 12.2. The number of rotatable bonds is 4. The van der Waals surface area contributed by atoms with Crippen LogP contribution in [0, 0.1) is 13.8 Å². The van der Waals surface area contributed by atoms with Crippen LogP contribution in [-0.4, -0.2) is 14.3 Å². The Kier molecular flexibility index (Phi) is 4.39. The van der Waals surface area contributed by atoms with E-state index in [1.165, 1.54) is 24.3 Å². The summed E-state index contributed by atoms with van der Waals surface area (Å²) < 4.78 is 27.8. The zero-order chi connectivity index (χ0) is 16.5. The third kappa shape index (κ3) is 3.55. The second kappa shape index (κ2) is 5.94. The van der Waals surface area contributed by atoms with Crippen LogP contribution in [0.3, 0.4) is 0 Å². The third-order valence-electron chi connectivity index (χ3n) is 3.34. The van der Waals surface area contributed by atoms with E-state index in [4.69, 9.17) is 9.56 Å². The molecule has 0 saturated carbocycles. The Balaban J connectivity index is 2.14. The highest BCUT2D eigenvalue weighted by molar-refractivity contribution is 7.89. The molecule has 3 N–H and O–H groups in total. The van der Waals surface area contributed by atoms with Crippen molar-refractivity contribution >= 4 is 15.9 Å². The number of nitrogens with one attached hydrogen (secondary N) is 1. The highest BCUT2D eigenvalue weighted by Gasteiger charge is 2.16. The number of sulfonamides is 1. The molecule has 0 bridgehead atoms. The van der Waals surface area contributed by atoms with Crippen LogP contribution in [0.5, 0.6) is 0 Å². The lowest BCUT2D eigenvalue weighted by atomic mass is 10.1. The Morgan fingerprint density at radius 2 is 1.82 bits per heavy atom. The molecule has 0 unspecified atom stereocenters. The van der Waals surface area contributed by atoms with Crippen LogP contribution in [0.15, 0.2) is 39.6 Å². The number of carbonyl (C=O) groups is 1. The molecule has 0 aliphatic heterocycles. The van der Waals surface area contributed by atoms with Gasteiger partial charge in [0.05, 0.1) is 10.9 Å². The number of benzene rings is 1. The summed E-state index contributed by atoms with van der Waals surface area (Å²) in [5.74, 6) is 1.24. The Hall–Kier alpha value is -2.12. The molecule has 0 aliphatic carbocycles. The molecule has 0 spiro atoms. The zero-order valence-electron chi connectivity index (χ0n) is 12.6. The highest BCUT2D eigenvalue weighted by Crippen LogP contribution is 2.21. The van der Waals surface area contributed by atoms with Crippen molar-refractivity contribution in [1.82, 2.24) is 5.32 Å². The monoisotopic (exact) mass is 322 g/mol. The van der Waals surface area contributed by atoms with Gasteiger partial charge in [0.25, 0.3) is 5.91 Å². The van der Waals surface area contributed by atoms with Crippen LogP contribution in [-0.2, 0) is 10.0 Å². The van der Waals surface area contributed by atoms with E-state index in [2.05, 4.69) is 5.32 Å². The van der Waals surface area contributed by atoms with E-state index in [1.54, 1.807) is 0 Å². The predicted octanol–water partition coefficient (Wildman–Crippen LogP) is 2.03. The molecule has 2 rings (SSSR count). The van der Waals surface area contributed by atoms with Gasteiger partial charge >= 0.3 is 0 Å². The zero-order valence-corrected chi connectivity index (χ0v) is 13.4. The number of aryl methyl sites for hydroxylation is 2. The van der Waals surface area contributed by atoms with E-state index in [9.17, 15) is 13.2 Å². The van der Waals surface area contributed by atoms with Gasteiger partial charge in [-0.2, -0.15) is 0 Å². The summed E-state index contributed by atoms with van der Waals surface area (Å²) in [6.07, 6.45) is 0. The number of hydrogen-bond donors (Lipinski definition) is 2. The molecule has 7 heteroatoms. The summed E-state index contributed by atoms with van der Waals surface area (Å²) in [5, 5.41) is 7.87. The van der Waals surface area contributed by atoms with Crippen molar-refractivity contribution in [2.24, 2.45) is 5.14 Å². The fourth-order valence-corrected chi connectivity index (χ4v) is 2.75. The molecule has 0 fully saturated rings. The third-order valence-corrected chi connectivity index (χ3v) is 4.27. The normalized spacial score (nSPS) is 12.9. The molecule has 0 radical (unpaired) electrons. The summed E-state index contributed by atoms with van der Waals surface area (Å²) in [6.45, 7) is 5.54. The van der Waals surface area contributed by atoms with Crippen molar-refractivity contribution in [3.8, 4) is 0 Å². The van der Waals surface area contributed by atoms with Crippen LogP contribution in [0.1, 0.15) is 40.4 Å². The van der Waals surface area contributed by atoms with Gasteiger partial charge in [-0.3, -0.25) is 4.79 Å². The van der Waals surface area contributed by atoms with Crippen molar-refractivity contribution in [3.05, 3.63) is 53.0 Å². The number of nitrogens with two attached hydrogens (primary N) is 1. The lowest BCUT2D eigenvalue weighted by Gasteiger charge is -2.13. The number of primary sulfonamides is 1. The standard InChI is InChI=1S/C15H18N2O4S/c1-9-8-14(11(3)21-9)10(2)17-15(18)12-4-6-13(7-5-12)22(16,19)20/h4-8,10H,1-3H3,(H,17,18)(H2,16,19,20)/t10-/m1/s1. The molecule has 1 amide bonds. The minimum absolute atomic E-state index is 0.0293. The first kappa shape index (κ1) is 16.3. The number of amides is 1. The van der Waals surface area contributed by atoms with Gasteiger partial charge < -0.3 is 9.73 Å². The van der Waals surface area contributed by atoms with E-state index in [0.29, 0.717) is 5.56 Å². The first-order valence-electron chi connectivity index (χ1n) is 6.69. The summed E-state index contributed by atoms with van der Waals surface area (Å²) in [6, 6.07) is 7.13. The maximum Gasteiger partial charge on any atom is 0.251 e. The molecule has 118 valence electrons. The van der Waals surface area contributed by atoms with Gasteiger partial charge in [0, 0.05) is 11.1 Å². The molecule has 1 aromatic carbocycles. The first-order chi connectivity index (χ1) is 10.2. The fraction of sp³-hybridized carbons (Fsp3) is 0.267. The van der Waals surface area contributed by atoms with Crippen LogP contribution in [0.4, 0.5) is 0 Å². The van der Waals surface area contributed by atoms with Crippen molar-refractivity contribution in [2.75, 3.05) is 0 Å². The van der Waals surface area contributed by atoms with Gasteiger partial charge in [0.15, 0.2) is 0 Å². The second-order valence-electron chi connectivity index (χ2n) is 5.13. The van der Waals surface area contributed by atoms with Gasteiger partial charge in [-0.1, -0.05) is 0 Å². The molecular weight excluding hydrogens is 304 g/mol. The van der Waals surface area contributed by atoms with Gasteiger partial charge in [-0.15, -0.1) is 0 Å². The van der Waals surface area contributed by atoms with Gasteiger partial charge in [-0.05, 0) is 51.1 Å². The Morgan fingerprint density at radius 3 is 2.27 bits per heavy atom. The largest absolute Gasteiger partial charge is 0.466 e. The summed E-state index contributed by atoms with van der Waals surface area (Å²) in [4.78, 5) is 12.2. The van der Waals surface area contributed by atoms with Crippen molar-refractivity contribution in [3.63, 3.8) is 0 Å². The summed E-state index contributed by atoms with van der Waals surface area (Å²) in [7, 11) is -3.76. The minimum Gasteiger partial charge on any atom is -0.466 e. The van der Waals surface area contributed by atoms with Crippen molar-refractivity contribution in [2.45, 2.75) is 31.7 Å². The van der Waals surface area contributed by atoms with Crippen molar-refractivity contribution < 1.29 is 17.6 Å². The molecule has 22 heavy (non-hydrogen) atoms. The average molecular weight is 322 g/mol. The summed E-state index contributed by atoms with van der Waals surface area (Å²) in [5.41, 5.74) is 1.27. The molecule has 1 atom stereocenters. The molecule has 1 heterocycles. The molecule has 6 nitrogen and oxygen atoms in total. The topological polar surface area (TPSA) is 102 Å². The van der Waals surface area contributed by atoms with E-state index in [0.717, 1.165) is 17.1 Å². The molecule has 2 aromatic rings. The smallest absolute Gasteiger partial charge is 0.251 e. The van der Waals surface area contributed by atoms with Crippen LogP contribution in [0.2, 0.25) is 0 Å². The number of furan rings is 1. The lowest BCUT2D eigenvalue weighted by molar-refractivity contribution is 0.0939. The van der Waals surface area contributed by atoms with Gasteiger partial charge in [-0.25, -0.2) is 13.6 Å². The van der Waals surface area contributed by atoms with Crippen LogP contribution >= 0.6 is 0 Å². The van der Waals surface area contributed by atoms with Crippen molar-refractivity contribution in [1.29, 1.82) is 0 Å². The molecule has 0 aliphatic rings. The Morgan fingerprint density at radius 1 is 1.23 bits per heavy atom. The van der Waals surface area contributed by atoms with Crippen LogP contribution < -0.4 is 10.5 Å². The van der Waals surface area contributed by atoms with Gasteiger partial charge in [0.1, 0.15) is 11.5 Å². The van der Waals surface area contributed by atoms with Crippen LogP contribution in [0.25, 0.3) is 0 Å². The Labute approximate surface area is 129 Å². The van der Waals surface area contributed by atoms with E-state index in [1.807, 2.05) is 26.8 Å². The van der Waals surface area contributed by atoms with E-state index >= 15 is 0 Å². The Bertz CT molecular complexity index is 791. The van der Waals surface area contributed by atoms with E-state index in [-0.39, 0.29) is 16.8 Å². The number of hydrogen-bond acceptors (Lipinski definition) is 4. The van der Waals surface area contributed by atoms with E-state index < -0.39 is 10.0 Å². The number of carbonyl (C=O) groups excluding carboxylic acids is 1. The minimum atomic E-state index is -3.76. The lowest BCUT2D eigenvalue weighted by Crippen LogP contribution is -2.26. The fourth-order valence-electron chi connectivity index (χ4n) is 2.23. The SMILES string of the molecule is Cc1cc([C@@H](C)NC(=O)c2ccc(S(N)(=O)=O)cc2)c(C)o1. The quantitative estimate of drug-likeness (QED) is 0.899. The molecule has 1 aromatic heterocycles.